The van der Waals surface area contributed by atoms with Crippen molar-refractivity contribution in [3.63, 3.8) is 0 Å². The highest BCUT2D eigenvalue weighted by atomic mass is 16.6. The maximum Gasteiger partial charge on any atom is 0.303 e. The van der Waals surface area contributed by atoms with E-state index >= 15 is 0 Å². The molecule has 4 heteroatoms. The molecule has 0 N–H and O–H groups in total. The maximum atomic E-state index is 11.1. The monoisotopic (exact) mass is 242 g/mol. The van der Waals surface area contributed by atoms with E-state index < -0.39 is 0 Å². The molecule has 0 saturated heterocycles. The quantitative estimate of drug-likeness (QED) is 0.560. The molecule has 0 heterocycles. The number of carbonyl (C=O) groups is 2. The van der Waals surface area contributed by atoms with Crippen LogP contribution in [0.4, 0.5) is 0 Å². The highest BCUT2D eigenvalue weighted by Gasteiger charge is 2.42. The largest absolute Gasteiger partial charge is 0.460 e. The standard InChI is InChI=1S/C13H22O4/c1-8(2)11-6-5-9(3)12(17-10(4)15)13(11)16-7-14/h7-9,11-13H,5-6H2,1-4H3. The predicted molar refractivity (Wildman–Crippen MR) is 63.2 cm³/mol. The van der Waals surface area contributed by atoms with Gasteiger partial charge in [0.05, 0.1) is 0 Å². The zero-order valence-corrected chi connectivity index (χ0v) is 11.0. The van der Waals surface area contributed by atoms with Crippen LogP contribution in [0.2, 0.25) is 0 Å². The lowest BCUT2D eigenvalue weighted by atomic mass is 9.73. The lowest BCUT2D eigenvalue weighted by Crippen LogP contribution is -2.48. The van der Waals surface area contributed by atoms with Crippen LogP contribution in [0.5, 0.6) is 0 Å². The van der Waals surface area contributed by atoms with Crippen molar-refractivity contribution >= 4 is 12.4 Å². The summed E-state index contributed by atoms with van der Waals surface area (Å²) in [5.41, 5.74) is 0. The Balaban J connectivity index is 2.85. The summed E-state index contributed by atoms with van der Waals surface area (Å²) in [7, 11) is 0. The minimum Gasteiger partial charge on any atom is -0.460 e. The molecule has 0 bridgehead atoms. The van der Waals surface area contributed by atoms with E-state index in [0.717, 1.165) is 12.8 Å². The summed E-state index contributed by atoms with van der Waals surface area (Å²) in [4.78, 5) is 21.7. The molecule has 0 aromatic rings. The summed E-state index contributed by atoms with van der Waals surface area (Å²) in [6, 6.07) is 0. The van der Waals surface area contributed by atoms with E-state index in [0.29, 0.717) is 12.4 Å². The molecule has 0 radical (unpaired) electrons. The van der Waals surface area contributed by atoms with Crippen LogP contribution in [0.1, 0.15) is 40.5 Å². The third-order valence-electron chi connectivity index (χ3n) is 3.63. The van der Waals surface area contributed by atoms with Gasteiger partial charge in [-0.15, -0.1) is 0 Å². The van der Waals surface area contributed by atoms with Gasteiger partial charge in [0.1, 0.15) is 12.2 Å². The van der Waals surface area contributed by atoms with Crippen molar-refractivity contribution in [3.05, 3.63) is 0 Å². The molecule has 4 unspecified atom stereocenters. The second-order valence-corrected chi connectivity index (χ2v) is 5.23. The minimum absolute atomic E-state index is 0.235. The van der Waals surface area contributed by atoms with Crippen LogP contribution in [-0.4, -0.2) is 24.6 Å². The molecule has 1 rings (SSSR count). The third-order valence-corrected chi connectivity index (χ3v) is 3.63. The Morgan fingerprint density at radius 1 is 1.29 bits per heavy atom. The van der Waals surface area contributed by atoms with Gasteiger partial charge in [-0.3, -0.25) is 9.59 Å². The van der Waals surface area contributed by atoms with Crippen LogP contribution >= 0.6 is 0 Å². The number of hydrogen-bond acceptors (Lipinski definition) is 4. The highest BCUT2D eigenvalue weighted by Crippen LogP contribution is 2.37. The molecule has 0 aromatic carbocycles. The van der Waals surface area contributed by atoms with Gasteiger partial charge in [-0.05, 0) is 24.7 Å². The van der Waals surface area contributed by atoms with E-state index in [1.165, 1.54) is 6.92 Å². The molecule has 4 nitrogen and oxygen atoms in total. The zero-order chi connectivity index (χ0) is 13.0. The van der Waals surface area contributed by atoms with Crippen molar-refractivity contribution < 1.29 is 19.1 Å². The molecule has 0 aromatic heterocycles. The number of rotatable bonds is 4. The lowest BCUT2D eigenvalue weighted by Gasteiger charge is -2.41. The molecule has 1 aliphatic rings. The molecule has 1 aliphatic carbocycles. The topological polar surface area (TPSA) is 52.6 Å². The lowest BCUT2D eigenvalue weighted by molar-refractivity contribution is -0.176. The number of carbonyl (C=O) groups excluding carboxylic acids is 2. The predicted octanol–water partition coefficient (Wildman–Crippen LogP) is 2.16. The van der Waals surface area contributed by atoms with Gasteiger partial charge in [0.2, 0.25) is 0 Å². The van der Waals surface area contributed by atoms with E-state index in [1.54, 1.807) is 0 Å². The summed E-state index contributed by atoms with van der Waals surface area (Å²) in [6.45, 7) is 8.10. The van der Waals surface area contributed by atoms with Gasteiger partial charge < -0.3 is 9.47 Å². The van der Waals surface area contributed by atoms with Crippen molar-refractivity contribution in [1.82, 2.24) is 0 Å². The first-order valence-corrected chi connectivity index (χ1v) is 6.23. The van der Waals surface area contributed by atoms with E-state index in [1.807, 2.05) is 6.92 Å². The summed E-state index contributed by atoms with van der Waals surface area (Å²) in [5.74, 6) is 0.593. The van der Waals surface area contributed by atoms with Crippen LogP contribution in [0.15, 0.2) is 0 Å². The van der Waals surface area contributed by atoms with Crippen LogP contribution in [0.3, 0.4) is 0 Å². The van der Waals surface area contributed by atoms with Gasteiger partial charge in [0, 0.05) is 12.8 Å². The molecule has 17 heavy (non-hydrogen) atoms. The van der Waals surface area contributed by atoms with Crippen LogP contribution in [0.25, 0.3) is 0 Å². The van der Waals surface area contributed by atoms with Crippen molar-refractivity contribution in [2.75, 3.05) is 0 Å². The summed E-state index contributed by atoms with van der Waals surface area (Å²) in [5, 5.41) is 0. The van der Waals surface area contributed by atoms with E-state index in [2.05, 4.69) is 13.8 Å². The first-order valence-electron chi connectivity index (χ1n) is 6.23. The molecule has 0 spiro atoms. The smallest absolute Gasteiger partial charge is 0.303 e. The summed E-state index contributed by atoms with van der Waals surface area (Å²) >= 11 is 0. The Morgan fingerprint density at radius 3 is 2.41 bits per heavy atom. The Labute approximate surface area is 103 Å². The molecular weight excluding hydrogens is 220 g/mol. The van der Waals surface area contributed by atoms with E-state index in [9.17, 15) is 9.59 Å². The second kappa shape index (κ2) is 6.03. The zero-order valence-electron chi connectivity index (χ0n) is 11.0. The molecule has 1 saturated carbocycles. The van der Waals surface area contributed by atoms with Gasteiger partial charge >= 0.3 is 5.97 Å². The molecule has 98 valence electrons. The van der Waals surface area contributed by atoms with Gasteiger partial charge in [0.25, 0.3) is 6.47 Å². The Kier molecular flexibility index (Phi) is 4.97. The fourth-order valence-corrected chi connectivity index (χ4v) is 2.68. The Hall–Kier alpha value is -1.06. The van der Waals surface area contributed by atoms with E-state index in [-0.39, 0.29) is 30.0 Å². The molecule has 0 amide bonds. The van der Waals surface area contributed by atoms with Gasteiger partial charge in [-0.1, -0.05) is 20.8 Å². The Bertz CT molecular complexity index is 275. The van der Waals surface area contributed by atoms with Gasteiger partial charge in [0.15, 0.2) is 0 Å². The summed E-state index contributed by atoms with van der Waals surface area (Å²) in [6.07, 6.45) is 1.40. The molecule has 1 fully saturated rings. The molecule has 0 aliphatic heterocycles. The SMILES string of the molecule is CC(=O)OC1C(C)CCC(C(C)C)C1OC=O. The van der Waals surface area contributed by atoms with E-state index in [4.69, 9.17) is 9.47 Å². The number of ether oxygens (including phenoxy) is 2. The minimum atomic E-state index is -0.314. The van der Waals surface area contributed by atoms with Crippen molar-refractivity contribution in [3.8, 4) is 0 Å². The third kappa shape index (κ3) is 3.45. The van der Waals surface area contributed by atoms with Crippen molar-refractivity contribution in [2.24, 2.45) is 17.8 Å². The van der Waals surface area contributed by atoms with Crippen LogP contribution < -0.4 is 0 Å². The fraction of sp³-hybridized carbons (Fsp3) is 0.846. The van der Waals surface area contributed by atoms with Crippen LogP contribution in [0, 0.1) is 17.8 Å². The first kappa shape index (κ1) is 14.0. The maximum absolute atomic E-state index is 11.1. The molecular formula is C13H22O4. The average Bonchev–Trinajstić information content (AvgIpc) is 2.22. The van der Waals surface area contributed by atoms with Crippen LogP contribution in [-0.2, 0) is 19.1 Å². The first-order chi connectivity index (χ1) is 7.97. The number of esters is 1. The van der Waals surface area contributed by atoms with Gasteiger partial charge in [-0.25, -0.2) is 0 Å². The Morgan fingerprint density at radius 2 is 1.94 bits per heavy atom. The number of hydrogen-bond donors (Lipinski definition) is 0. The average molecular weight is 242 g/mol. The molecule has 4 atom stereocenters. The van der Waals surface area contributed by atoms with Crippen molar-refractivity contribution in [1.29, 1.82) is 0 Å². The van der Waals surface area contributed by atoms with Gasteiger partial charge in [-0.2, -0.15) is 0 Å². The highest BCUT2D eigenvalue weighted by molar-refractivity contribution is 5.66. The van der Waals surface area contributed by atoms with Crippen molar-refractivity contribution in [2.45, 2.75) is 52.7 Å². The second-order valence-electron chi connectivity index (χ2n) is 5.23. The fourth-order valence-electron chi connectivity index (χ4n) is 2.68. The normalized spacial score (nSPS) is 33.2. The summed E-state index contributed by atoms with van der Waals surface area (Å²) < 4.78 is 10.5.